The van der Waals surface area contributed by atoms with Gasteiger partial charge in [0.1, 0.15) is 5.60 Å². The molecule has 1 aliphatic carbocycles. The molecular formula is C11H18O4. The van der Waals surface area contributed by atoms with E-state index >= 15 is 0 Å². The number of carboxylic acid groups (broad SMARTS) is 1. The fraction of sp³-hybridized carbons (Fsp3) is 0.909. The summed E-state index contributed by atoms with van der Waals surface area (Å²) in [6.07, 6.45) is 4.50. The first kappa shape index (κ1) is 10.9. The monoisotopic (exact) mass is 214 g/mol. The summed E-state index contributed by atoms with van der Waals surface area (Å²) in [7, 11) is 0. The summed E-state index contributed by atoms with van der Waals surface area (Å²) in [6, 6.07) is 0. The predicted molar refractivity (Wildman–Crippen MR) is 53.5 cm³/mol. The van der Waals surface area contributed by atoms with E-state index in [0.717, 1.165) is 19.3 Å². The number of aliphatic carboxylic acids is 1. The Morgan fingerprint density at radius 1 is 1.13 bits per heavy atom. The minimum Gasteiger partial charge on any atom is -0.481 e. The molecule has 0 bridgehead atoms. The van der Waals surface area contributed by atoms with Crippen LogP contribution >= 0.6 is 0 Å². The van der Waals surface area contributed by atoms with Gasteiger partial charge in [-0.1, -0.05) is 19.3 Å². The van der Waals surface area contributed by atoms with Crippen LogP contribution in [0.5, 0.6) is 0 Å². The lowest BCUT2D eigenvalue weighted by molar-refractivity contribution is -0.175. The van der Waals surface area contributed by atoms with Crippen molar-refractivity contribution in [3.63, 3.8) is 0 Å². The van der Waals surface area contributed by atoms with Crippen LogP contribution < -0.4 is 0 Å². The van der Waals surface area contributed by atoms with Crippen molar-refractivity contribution in [2.45, 2.75) is 44.1 Å². The number of hydrogen-bond donors (Lipinski definition) is 2. The Bertz CT molecular complexity index is 249. The zero-order valence-corrected chi connectivity index (χ0v) is 8.87. The predicted octanol–water partition coefficient (Wildman–Crippen LogP) is 1.17. The highest BCUT2D eigenvalue weighted by atomic mass is 16.5. The molecule has 0 amide bonds. The molecule has 86 valence electrons. The highest BCUT2D eigenvalue weighted by Gasteiger charge is 2.57. The fourth-order valence-corrected chi connectivity index (χ4v) is 2.97. The lowest BCUT2D eigenvalue weighted by Gasteiger charge is -2.43. The standard InChI is InChI=1S/C11H18O4/c12-9(13)10(4-2-1-3-5-10)11(14)6-7-15-8-11/h14H,1-8H2,(H,12,13). The molecule has 1 heterocycles. The molecule has 1 atom stereocenters. The molecule has 4 nitrogen and oxygen atoms in total. The average Bonchev–Trinajstić information content (AvgIpc) is 2.67. The van der Waals surface area contributed by atoms with Crippen LogP contribution in [0.3, 0.4) is 0 Å². The molecule has 2 fully saturated rings. The maximum atomic E-state index is 11.5. The van der Waals surface area contributed by atoms with Crippen molar-refractivity contribution in [1.29, 1.82) is 0 Å². The highest BCUT2D eigenvalue weighted by molar-refractivity contribution is 5.76. The molecular weight excluding hydrogens is 196 g/mol. The Kier molecular flexibility index (Phi) is 2.73. The molecule has 0 spiro atoms. The van der Waals surface area contributed by atoms with Gasteiger partial charge in [-0.3, -0.25) is 4.79 Å². The van der Waals surface area contributed by atoms with Gasteiger partial charge >= 0.3 is 5.97 Å². The number of rotatable bonds is 2. The molecule has 1 aliphatic heterocycles. The first-order valence-corrected chi connectivity index (χ1v) is 5.64. The normalized spacial score (nSPS) is 35.3. The van der Waals surface area contributed by atoms with Gasteiger partial charge in [0.2, 0.25) is 0 Å². The first-order valence-electron chi connectivity index (χ1n) is 5.64. The number of hydrogen-bond acceptors (Lipinski definition) is 3. The van der Waals surface area contributed by atoms with Crippen LogP contribution in [0.25, 0.3) is 0 Å². The summed E-state index contributed by atoms with van der Waals surface area (Å²) in [5.74, 6) is -0.852. The largest absolute Gasteiger partial charge is 0.481 e. The molecule has 4 heteroatoms. The maximum absolute atomic E-state index is 11.5. The number of aliphatic hydroxyl groups is 1. The van der Waals surface area contributed by atoms with Crippen LogP contribution in [0.2, 0.25) is 0 Å². The number of carbonyl (C=O) groups is 1. The minimum absolute atomic E-state index is 0.180. The highest BCUT2D eigenvalue weighted by Crippen LogP contribution is 2.48. The second kappa shape index (κ2) is 3.76. The van der Waals surface area contributed by atoms with E-state index in [9.17, 15) is 15.0 Å². The van der Waals surface area contributed by atoms with Crippen molar-refractivity contribution < 1.29 is 19.7 Å². The maximum Gasteiger partial charge on any atom is 0.312 e. The minimum atomic E-state index is -1.14. The van der Waals surface area contributed by atoms with E-state index in [2.05, 4.69) is 0 Å². The van der Waals surface area contributed by atoms with Gasteiger partial charge in [0, 0.05) is 13.0 Å². The molecule has 0 radical (unpaired) electrons. The molecule has 0 aromatic rings. The first-order chi connectivity index (χ1) is 7.11. The van der Waals surface area contributed by atoms with E-state index in [4.69, 9.17) is 4.74 Å². The van der Waals surface area contributed by atoms with Crippen molar-refractivity contribution in [3.05, 3.63) is 0 Å². The van der Waals surface area contributed by atoms with Crippen LogP contribution in [0.1, 0.15) is 38.5 Å². The molecule has 2 N–H and O–H groups in total. The zero-order valence-electron chi connectivity index (χ0n) is 8.87. The number of carboxylic acids is 1. The summed E-state index contributed by atoms with van der Waals surface area (Å²) < 4.78 is 5.18. The van der Waals surface area contributed by atoms with E-state index in [1.807, 2.05) is 0 Å². The Morgan fingerprint density at radius 2 is 1.80 bits per heavy atom. The summed E-state index contributed by atoms with van der Waals surface area (Å²) in [6.45, 7) is 0.658. The van der Waals surface area contributed by atoms with Gasteiger partial charge in [-0.15, -0.1) is 0 Å². The van der Waals surface area contributed by atoms with Gasteiger partial charge in [0.05, 0.1) is 12.0 Å². The summed E-state index contributed by atoms with van der Waals surface area (Å²) in [5.41, 5.74) is -2.10. The van der Waals surface area contributed by atoms with Gasteiger partial charge in [-0.2, -0.15) is 0 Å². The van der Waals surface area contributed by atoms with E-state index in [1.54, 1.807) is 0 Å². The third-order valence-corrected chi connectivity index (χ3v) is 4.01. The van der Waals surface area contributed by atoms with E-state index in [0.29, 0.717) is 25.9 Å². The molecule has 0 aromatic carbocycles. The van der Waals surface area contributed by atoms with Crippen molar-refractivity contribution in [2.75, 3.05) is 13.2 Å². The molecule has 2 aliphatic rings. The van der Waals surface area contributed by atoms with Crippen LogP contribution in [-0.4, -0.2) is 35.0 Å². The van der Waals surface area contributed by atoms with Gasteiger partial charge in [-0.05, 0) is 12.8 Å². The smallest absolute Gasteiger partial charge is 0.312 e. The van der Waals surface area contributed by atoms with Crippen molar-refractivity contribution in [2.24, 2.45) is 5.41 Å². The Labute approximate surface area is 89.2 Å². The van der Waals surface area contributed by atoms with Gasteiger partial charge in [0.15, 0.2) is 0 Å². The SMILES string of the molecule is O=C(O)C1(C2(O)CCOC2)CCCCC1. The third-order valence-electron chi connectivity index (χ3n) is 4.01. The van der Waals surface area contributed by atoms with Crippen LogP contribution in [0.15, 0.2) is 0 Å². The summed E-state index contributed by atoms with van der Waals surface area (Å²) in [5, 5.41) is 19.8. The van der Waals surface area contributed by atoms with Crippen molar-refractivity contribution >= 4 is 5.97 Å². The fourth-order valence-electron chi connectivity index (χ4n) is 2.97. The van der Waals surface area contributed by atoms with E-state index in [1.165, 1.54) is 0 Å². The Hall–Kier alpha value is -0.610. The van der Waals surface area contributed by atoms with Crippen LogP contribution in [-0.2, 0) is 9.53 Å². The number of ether oxygens (including phenoxy) is 1. The third kappa shape index (κ3) is 1.56. The molecule has 1 saturated heterocycles. The molecule has 1 unspecified atom stereocenters. The van der Waals surface area contributed by atoms with Gasteiger partial charge in [-0.25, -0.2) is 0 Å². The Morgan fingerprint density at radius 3 is 2.27 bits per heavy atom. The van der Waals surface area contributed by atoms with Crippen LogP contribution in [0.4, 0.5) is 0 Å². The molecule has 15 heavy (non-hydrogen) atoms. The molecule has 2 rings (SSSR count). The second-order valence-electron chi connectivity index (χ2n) is 4.78. The zero-order chi connectivity index (χ0) is 10.9. The lowest BCUT2D eigenvalue weighted by atomic mass is 9.63. The summed E-state index contributed by atoms with van der Waals surface area (Å²) >= 11 is 0. The van der Waals surface area contributed by atoms with Gasteiger partial charge in [0.25, 0.3) is 0 Å². The van der Waals surface area contributed by atoms with Crippen molar-refractivity contribution in [1.82, 2.24) is 0 Å². The molecule has 1 saturated carbocycles. The van der Waals surface area contributed by atoms with Gasteiger partial charge < -0.3 is 14.9 Å². The van der Waals surface area contributed by atoms with E-state index < -0.39 is 17.0 Å². The lowest BCUT2D eigenvalue weighted by Crippen LogP contribution is -2.54. The van der Waals surface area contributed by atoms with Crippen LogP contribution in [0, 0.1) is 5.41 Å². The quantitative estimate of drug-likeness (QED) is 0.724. The average molecular weight is 214 g/mol. The summed E-state index contributed by atoms with van der Waals surface area (Å²) in [4.78, 5) is 11.5. The molecule has 0 aromatic heterocycles. The second-order valence-corrected chi connectivity index (χ2v) is 4.78. The Balaban J connectivity index is 2.28. The van der Waals surface area contributed by atoms with E-state index in [-0.39, 0.29) is 6.61 Å². The van der Waals surface area contributed by atoms with Crippen molar-refractivity contribution in [3.8, 4) is 0 Å². The topological polar surface area (TPSA) is 66.8 Å².